The van der Waals surface area contributed by atoms with E-state index in [0.29, 0.717) is 6.54 Å². The molecule has 0 atom stereocenters. The number of hydrogen-bond donors (Lipinski definition) is 1. The molecule has 1 N–H and O–H groups in total. The molecule has 0 spiro atoms. The zero-order valence-corrected chi connectivity index (χ0v) is 18.2. The van der Waals surface area contributed by atoms with Crippen LogP contribution in [0.3, 0.4) is 0 Å². The molecule has 1 amide bonds. The second kappa shape index (κ2) is 11.0. The number of sulfonamides is 1. The van der Waals surface area contributed by atoms with Gasteiger partial charge in [-0.05, 0) is 36.6 Å². The number of rotatable bonds is 11. The first kappa shape index (κ1) is 22.9. The van der Waals surface area contributed by atoms with Gasteiger partial charge in [-0.1, -0.05) is 56.2 Å². The quantitative estimate of drug-likeness (QED) is 0.567. The fourth-order valence-corrected chi connectivity index (χ4v) is 4.58. The molecule has 0 heterocycles. The molecular weight excluding hydrogens is 388 g/mol. The molecular formula is C22H30N2O4S. The molecule has 0 radical (unpaired) electrons. The van der Waals surface area contributed by atoms with E-state index in [-0.39, 0.29) is 29.6 Å². The smallest absolute Gasteiger partial charge is 0.247 e. The van der Waals surface area contributed by atoms with Gasteiger partial charge in [-0.2, -0.15) is 4.31 Å². The van der Waals surface area contributed by atoms with Gasteiger partial charge in [0.2, 0.25) is 15.9 Å². The minimum absolute atomic E-state index is 0.0646. The van der Waals surface area contributed by atoms with Gasteiger partial charge in [0.05, 0.1) is 13.7 Å². The summed E-state index contributed by atoms with van der Waals surface area (Å²) in [5.41, 5.74) is 1.61. The first-order chi connectivity index (χ1) is 13.9. The number of carbonyl (C=O) groups is 1. The van der Waals surface area contributed by atoms with Gasteiger partial charge in [0.1, 0.15) is 10.6 Å². The van der Waals surface area contributed by atoms with Crippen LogP contribution in [0.15, 0.2) is 53.4 Å². The van der Waals surface area contributed by atoms with Crippen LogP contribution < -0.4 is 10.1 Å². The summed E-state index contributed by atoms with van der Waals surface area (Å²) in [5, 5.41) is 2.82. The van der Waals surface area contributed by atoms with E-state index in [1.165, 1.54) is 11.4 Å². The molecule has 158 valence electrons. The number of amides is 1. The Morgan fingerprint density at radius 3 is 2.48 bits per heavy atom. The lowest BCUT2D eigenvalue weighted by molar-refractivity contribution is -0.121. The van der Waals surface area contributed by atoms with Gasteiger partial charge < -0.3 is 10.1 Å². The first-order valence-electron chi connectivity index (χ1n) is 9.84. The van der Waals surface area contributed by atoms with Crippen LogP contribution in [-0.4, -0.2) is 38.8 Å². The Morgan fingerprint density at radius 1 is 1.10 bits per heavy atom. The number of unbranched alkanes of at least 4 members (excludes halogenated alkanes) is 2. The Balaban J connectivity index is 2.30. The van der Waals surface area contributed by atoms with Crippen LogP contribution in [0.2, 0.25) is 0 Å². The number of hydrogen-bond acceptors (Lipinski definition) is 4. The normalized spacial score (nSPS) is 11.4. The summed E-state index contributed by atoms with van der Waals surface area (Å²) in [6.07, 6.45) is 2.95. The predicted molar refractivity (Wildman–Crippen MR) is 114 cm³/mol. The molecule has 2 aromatic carbocycles. The molecule has 7 heteroatoms. The van der Waals surface area contributed by atoms with Gasteiger partial charge in [0.15, 0.2) is 0 Å². The lowest BCUT2D eigenvalue weighted by Gasteiger charge is -2.23. The molecule has 0 fully saturated rings. The summed E-state index contributed by atoms with van der Waals surface area (Å²) in [6, 6.07) is 14.2. The van der Waals surface area contributed by atoms with Crippen LogP contribution in [0.25, 0.3) is 0 Å². The highest BCUT2D eigenvalue weighted by Crippen LogP contribution is 2.28. The Labute approximate surface area is 173 Å². The summed E-state index contributed by atoms with van der Waals surface area (Å²) >= 11 is 0. The molecule has 0 bridgehead atoms. The van der Waals surface area contributed by atoms with Crippen molar-refractivity contribution in [3.05, 3.63) is 59.7 Å². The van der Waals surface area contributed by atoms with Gasteiger partial charge in [0, 0.05) is 13.1 Å². The third kappa shape index (κ3) is 6.58. The largest absolute Gasteiger partial charge is 0.495 e. The molecule has 0 aliphatic heterocycles. The van der Waals surface area contributed by atoms with Gasteiger partial charge in [-0.15, -0.1) is 0 Å². The van der Waals surface area contributed by atoms with Crippen molar-refractivity contribution < 1.29 is 17.9 Å². The maximum absolute atomic E-state index is 13.4. The standard InChI is InChI=1S/C22H30N2O4S/c1-4-5-9-14-23-22(25)17-24(16-19-10-7-6-8-11-19)29(26,27)21-15-18(2)12-13-20(21)28-3/h6-8,10-13,15H,4-5,9,14,16-17H2,1-3H3,(H,23,25). The summed E-state index contributed by atoms with van der Waals surface area (Å²) in [6.45, 7) is 4.30. The zero-order valence-electron chi connectivity index (χ0n) is 17.3. The topological polar surface area (TPSA) is 75.7 Å². The number of nitrogens with zero attached hydrogens (tertiary/aromatic N) is 1. The van der Waals surface area contributed by atoms with Crippen molar-refractivity contribution in [1.29, 1.82) is 0 Å². The number of carbonyl (C=O) groups excluding carboxylic acids is 1. The summed E-state index contributed by atoms with van der Waals surface area (Å²) in [7, 11) is -2.51. The highest BCUT2D eigenvalue weighted by molar-refractivity contribution is 7.89. The number of methoxy groups -OCH3 is 1. The van der Waals surface area contributed by atoms with Crippen LogP contribution in [0.4, 0.5) is 0 Å². The fourth-order valence-electron chi connectivity index (χ4n) is 2.96. The molecule has 0 unspecified atom stereocenters. The van der Waals surface area contributed by atoms with E-state index >= 15 is 0 Å². The second-order valence-corrected chi connectivity index (χ2v) is 8.88. The highest BCUT2D eigenvalue weighted by atomic mass is 32.2. The average Bonchev–Trinajstić information content (AvgIpc) is 2.71. The Kier molecular flexibility index (Phi) is 8.67. The van der Waals surface area contributed by atoms with E-state index in [9.17, 15) is 13.2 Å². The minimum atomic E-state index is -3.95. The van der Waals surface area contributed by atoms with Crippen molar-refractivity contribution >= 4 is 15.9 Å². The zero-order chi connectivity index (χ0) is 21.3. The van der Waals surface area contributed by atoms with E-state index in [1.54, 1.807) is 18.2 Å². The van der Waals surface area contributed by atoms with Crippen LogP contribution in [-0.2, 0) is 21.4 Å². The number of nitrogens with one attached hydrogen (secondary N) is 1. The summed E-state index contributed by atoms with van der Waals surface area (Å²) < 4.78 is 33.4. The van der Waals surface area contributed by atoms with Crippen molar-refractivity contribution in [2.75, 3.05) is 20.2 Å². The molecule has 29 heavy (non-hydrogen) atoms. The van der Waals surface area contributed by atoms with E-state index in [1.807, 2.05) is 37.3 Å². The monoisotopic (exact) mass is 418 g/mol. The van der Waals surface area contributed by atoms with E-state index in [2.05, 4.69) is 12.2 Å². The van der Waals surface area contributed by atoms with E-state index in [4.69, 9.17) is 4.74 Å². The summed E-state index contributed by atoms with van der Waals surface area (Å²) in [5.74, 6) is -0.0516. The van der Waals surface area contributed by atoms with Crippen molar-refractivity contribution in [3.8, 4) is 5.75 Å². The van der Waals surface area contributed by atoms with E-state index in [0.717, 1.165) is 30.4 Å². The molecule has 2 rings (SSSR count). The van der Waals surface area contributed by atoms with Crippen molar-refractivity contribution in [3.63, 3.8) is 0 Å². The van der Waals surface area contributed by atoms with Crippen LogP contribution >= 0.6 is 0 Å². The van der Waals surface area contributed by atoms with Crippen molar-refractivity contribution in [2.24, 2.45) is 0 Å². The minimum Gasteiger partial charge on any atom is -0.495 e. The molecule has 0 aliphatic rings. The molecule has 6 nitrogen and oxygen atoms in total. The average molecular weight is 419 g/mol. The van der Waals surface area contributed by atoms with Crippen molar-refractivity contribution in [2.45, 2.75) is 44.6 Å². The van der Waals surface area contributed by atoms with Gasteiger partial charge in [-0.3, -0.25) is 4.79 Å². The fraction of sp³-hybridized carbons (Fsp3) is 0.409. The van der Waals surface area contributed by atoms with Crippen LogP contribution in [0.5, 0.6) is 5.75 Å². The number of benzene rings is 2. The maximum atomic E-state index is 13.4. The number of ether oxygens (including phenoxy) is 1. The Morgan fingerprint density at radius 2 is 1.83 bits per heavy atom. The Bertz CT molecular complexity index is 898. The first-order valence-corrected chi connectivity index (χ1v) is 11.3. The third-order valence-corrected chi connectivity index (χ3v) is 6.37. The maximum Gasteiger partial charge on any atom is 0.247 e. The molecule has 0 saturated heterocycles. The van der Waals surface area contributed by atoms with Gasteiger partial charge in [0.25, 0.3) is 0 Å². The van der Waals surface area contributed by atoms with E-state index < -0.39 is 10.0 Å². The van der Waals surface area contributed by atoms with Crippen molar-refractivity contribution in [1.82, 2.24) is 9.62 Å². The molecule has 0 saturated carbocycles. The molecule has 2 aromatic rings. The van der Waals surface area contributed by atoms with Crippen LogP contribution in [0, 0.1) is 6.92 Å². The van der Waals surface area contributed by atoms with Gasteiger partial charge in [-0.25, -0.2) is 8.42 Å². The second-order valence-electron chi connectivity index (χ2n) is 6.97. The molecule has 0 aliphatic carbocycles. The lowest BCUT2D eigenvalue weighted by Crippen LogP contribution is -2.40. The third-order valence-electron chi connectivity index (χ3n) is 4.56. The number of aryl methyl sites for hydroxylation is 1. The van der Waals surface area contributed by atoms with Crippen LogP contribution in [0.1, 0.15) is 37.3 Å². The van der Waals surface area contributed by atoms with Gasteiger partial charge >= 0.3 is 0 Å². The highest BCUT2D eigenvalue weighted by Gasteiger charge is 2.29. The summed E-state index contributed by atoms with van der Waals surface area (Å²) in [4.78, 5) is 12.5. The lowest BCUT2D eigenvalue weighted by atomic mass is 10.2. The molecule has 0 aromatic heterocycles. The predicted octanol–water partition coefficient (Wildman–Crippen LogP) is 3.50. The Hall–Kier alpha value is -2.38. The SMILES string of the molecule is CCCCCNC(=O)CN(Cc1ccccc1)S(=O)(=O)c1cc(C)ccc1OC.